The van der Waals surface area contributed by atoms with Crippen molar-refractivity contribution in [3.63, 3.8) is 0 Å². The molecule has 0 fully saturated rings. The van der Waals surface area contributed by atoms with Crippen LogP contribution in [0, 0.1) is 0 Å². The number of nitrogens with two attached hydrogens (primary N) is 1. The van der Waals surface area contributed by atoms with E-state index < -0.39 is 10.0 Å². The summed E-state index contributed by atoms with van der Waals surface area (Å²) in [5.41, 5.74) is 2.48. The maximum absolute atomic E-state index is 12.6. The minimum atomic E-state index is -3.74. The average Bonchev–Trinajstić information content (AvgIpc) is 2.52. The summed E-state index contributed by atoms with van der Waals surface area (Å²) in [5, 5.41) is 5.18. The molecule has 0 atom stereocenters. The number of rotatable bonds is 2. The number of benzene rings is 2. The summed E-state index contributed by atoms with van der Waals surface area (Å²) in [6, 6.07) is 12.1. The van der Waals surface area contributed by atoms with E-state index in [4.69, 9.17) is 5.14 Å². The number of hydrogen-bond acceptors (Lipinski definition) is 3. The Labute approximate surface area is 143 Å². The smallest absolute Gasteiger partial charge is 0.254 e. The average molecular weight is 395 g/mol. The second-order valence-corrected chi connectivity index (χ2v) is 7.94. The zero-order valence-electron chi connectivity index (χ0n) is 12.2. The number of sulfonamides is 1. The first-order valence-corrected chi connectivity index (χ1v) is 9.38. The number of fused-ring (bicyclic) bond motifs is 1. The molecule has 1 aliphatic rings. The van der Waals surface area contributed by atoms with E-state index in [1.165, 1.54) is 6.07 Å². The molecule has 1 heterocycles. The first kappa shape index (κ1) is 16.2. The van der Waals surface area contributed by atoms with E-state index in [9.17, 15) is 13.2 Å². The molecule has 5 nitrogen and oxygen atoms in total. The van der Waals surface area contributed by atoms with Crippen LogP contribution in [0.15, 0.2) is 51.8 Å². The topological polar surface area (TPSA) is 80.5 Å². The van der Waals surface area contributed by atoms with Gasteiger partial charge in [-0.3, -0.25) is 4.79 Å². The maximum Gasteiger partial charge on any atom is 0.254 e. The zero-order chi connectivity index (χ0) is 16.6. The quantitative estimate of drug-likeness (QED) is 0.848. The zero-order valence-corrected chi connectivity index (χ0v) is 14.6. The summed E-state index contributed by atoms with van der Waals surface area (Å²) in [7, 11) is -3.74. The predicted molar refractivity (Wildman–Crippen MR) is 90.4 cm³/mol. The molecule has 1 aliphatic heterocycles. The van der Waals surface area contributed by atoms with E-state index >= 15 is 0 Å². The van der Waals surface area contributed by atoms with Crippen molar-refractivity contribution in [1.82, 2.24) is 4.90 Å². The molecule has 3 rings (SSSR count). The Morgan fingerprint density at radius 2 is 1.91 bits per heavy atom. The molecule has 2 aromatic rings. The van der Waals surface area contributed by atoms with Crippen molar-refractivity contribution >= 4 is 31.9 Å². The lowest BCUT2D eigenvalue weighted by molar-refractivity contribution is 0.0734. The minimum absolute atomic E-state index is 0.0713. The van der Waals surface area contributed by atoms with Gasteiger partial charge in [-0.25, -0.2) is 13.6 Å². The van der Waals surface area contributed by atoms with Crippen LogP contribution in [0.5, 0.6) is 0 Å². The van der Waals surface area contributed by atoms with Gasteiger partial charge in [0, 0.05) is 23.1 Å². The van der Waals surface area contributed by atoms with Crippen LogP contribution < -0.4 is 5.14 Å². The fourth-order valence-electron chi connectivity index (χ4n) is 2.69. The SMILES string of the molecule is NS(=O)(=O)c1ccc2c(c1)CN(C(=O)c1cccc(Br)c1)CC2. The number of nitrogens with zero attached hydrogens (tertiary/aromatic N) is 1. The molecule has 0 saturated carbocycles. The van der Waals surface area contributed by atoms with Gasteiger partial charge < -0.3 is 4.90 Å². The summed E-state index contributed by atoms with van der Waals surface area (Å²) < 4.78 is 23.8. The van der Waals surface area contributed by atoms with Crippen LogP contribution in [0.3, 0.4) is 0 Å². The molecule has 0 aromatic heterocycles. The summed E-state index contributed by atoms with van der Waals surface area (Å²) in [6.45, 7) is 0.983. The predicted octanol–water partition coefficient (Wildman–Crippen LogP) is 2.30. The van der Waals surface area contributed by atoms with Crippen molar-refractivity contribution in [3.8, 4) is 0 Å². The van der Waals surface area contributed by atoms with Crippen LogP contribution in [0.25, 0.3) is 0 Å². The molecule has 0 bridgehead atoms. The largest absolute Gasteiger partial charge is 0.334 e. The van der Waals surface area contributed by atoms with Gasteiger partial charge in [-0.05, 0) is 47.9 Å². The monoisotopic (exact) mass is 394 g/mol. The number of carbonyl (C=O) groups is 1. The van der Waals surface area contributed by atoms with Crippen molar-refractivity contribution in [2.45, 2.75) is 17.9 Å². The van der Waals surface area contributed by atoms with Gasteiger partial charge in [0.25, 0.3) is 5.91 Å². The van der Waals surface area contributed by atoms with Gasteiger partial charge in [-0.1, -0.05) is 28.1 Å². The van der Waals surface area contributed by atoms with E-state index in [0.29, 0.717) is 25.1 Å². The van der Waals surface area contributed by atoms with Gasteiger partial charge >= 0.3 is 0 Å². The molecular formula is C16H15BrN2O3S. The lowest BCUT2D eigenvalue weighted by Gasteiger charge is -2.29. The molecule has 0 spiro atoms. The van der Waals surface area contributed by atoms with E-state index in [1.807, 2.05) is 12.1 Å². The van der Waals surface area contributed by atoms with Crippen LogP contribution >= 0.6 is 15.9 Å². The van der Waals surface area contributed by atoms with Crippen LogP contribution in [-0.4, -0.2) is 25.8 Å². The highest BCUT2D eigenvalue weighted by Crippen LogP contribution is 2.24. The molecule has 120 valence electrons. The summed E-state index contributed by atoms with van der Waals surface area (Å²) in [4.78, 5) is 14.4. The molecular weight excluding hydrogens is 380 g/mol. The highest BCUT2D eigenvalue weighted by atomic mass is 79.9. The standard InChI is InChI=1S/C16H15BrN2O3S/c17-14-3-1-2-12(8-14)16(20)19-7-6-11-4-5-15(23(18,21)22)9-13(11)10-19/h1-5,8-9H,6-7,10H2,(H2,18,21,22). The van der Waals surface area contributed by atoms with Crippen LogP contribution in [-0.2, 0) is 23.0 Å². The van der Waals surface area contributed by atoms with Crippen LogP contribution in [0.2, 0.25) is 0 Å². The van der Waals surface area contributed by atoms with Gasteiger partial charge in [-0.15, -0.1) is 0 Å². The van der Waals surface area contributed by atoms with Gasteiger partial charge in [0.05, 0.1) is 4.90 Å². The Kier molecular flexibility index (Phi) is 4.27. The normalized spacial score (nSPS) is 14.4. The number of hydrogen-bond donors (Lipinski definition) is 1. The Morgan fingerprint density at radius 1 is 1.13 bits per heavy atom. The van der Waals surface area contributed by atoms with E-state index in [-0.39, 0.29) is 10.8 Å². The lowest BCUT2D eigenvalue weighted by Crippen LogP contribution is -2.36. The van der Waals surface area contributed by atoms with E-state index in [0.717, 1.165) is 15.6 Å². The van der Waals surface area contributed by atoms with Crippen molar-refractivity contribution in [2.75, 3.05) is 6.54 Å². The third-order valence-electron chi connectivity index (χ3n) is 3.88. The van der Waals surface area contributed by atoms with Crippen molar-refractivity contribution in [3.05, 3.63) is 63.6 Å². The summed E-state index contributed by atoms with van der Waals surface area (Å²) >= 11 is 3.36. The minimum Gasteiger partial charge on any atom is -0.334 e. The summed E-state index contributed by atoms with van der Waals surface area (Å²) in [6.07, 6.45) is 0.694. The Bertz CT molecular complexity index is 881. The van der Waals surface area contributed by atoms with Gasteiger partial charge in [0.1, 0.15) is 0 Å². The molecule has 1 amide bonds. The molecule has 7 heteroatoms. The van der Waals surface area contributed by atoms with Crippen molar-refractivity contribution < 1.29 is 13.2 Å². The molecule has 2 N–H and O–H groups in total. The van der Waals surface area contributed by atoms with Gasteiger partial charge in [-0.2, -0.15) is 0 Å². The fraction of sp³-hybridized carbons (Fsp3) is 0.188. The highest BCUT2D eigenvalue weighted by molar-refractivity contribution is 9.10. The Balaban J connectivity index is 1.88. The second kappa shape index (κ2) is 6.07. The second-order valence-electron chi connectivity index (χ2n) is 5.46. The molecule has 23 heavy (non-hydrogen) atoms. The van der Waals surface area contributed by atoms with Gasteiger partial charge in [0.15, 0.2) is 0 Å². The van der Waals surface area contributed by atoms with E-state index in [2.05, 4.69) is 15.9 Å². The molecule has 0 saturated heterocycles. The maximum atomic E-state index is 12.6. The van der Waals surface area contributed by atoms with Crippen molar-refractivity contribution in [2.24, 2.45) is 5.14 Å². The number of halogens is 1. The molecule has 0 radical (unpaired) electrons. The lowest BCUT2D eigenvalue weighted by atomic mass is 9.99. The summed E-state index contributed by atoms with van der Waals surface area (Å²) in [5.74, 6) is -0.0713. The number of primary sulfonamides is 1. The van der Waals surface area contributed by atoms with Crippen LogP contribution in [0.1, 0.15) is 21.5 Å². The third kappa shape index (κ3) is 3.46. The third-order valence-corrected chi connectivity index (χ3v) is 5.28. The van der Waals surface area contributed by atoms with E-state index in [1.54, 1.807) is 29.2 Å². The molecule has 0 aliphatic carbocycles. The molecule has 2 aromatic carbocycles. The first-order chi connectivity index (χ1) is 10.8. The first-order valence-electron chi connectivity index (χ1n) is 7.04. The Morgan fingerprint density at radius 3 is 2.61 bits per heavy atom. The fourth-order valence-corrected chi connectivity index (χ4v) is 3.65. The number of carbonyl (C=O) groups excluding carboxylic acids is 1. The number of amides is 1. The van der Waals surface area contributed by atoms with Crippen molar-refractivity contribution in [1.29, 1.82) is 0 Å². The highest BCUT2D eigenvalue weighted by Gasteiger charge is 2.23. The Hall–Kier alpha value is -1.70. The van der Waals surface area contributed by atoms with Gasteiger partial charge in [0.2, 0.25) is 10.0 Å². The van der Waals surface area contributed by atoms with Crippen LogP contribution in [0.4, 0.5) is 0 Å². The molecule has 0 unspecified atom stereocenters.